The lowest BCUT2D eigenvalue weighted by atomic mass is 10.1. The monoisotopic (exact) mass is 135 g/mol. The van der Waals surface area contributed by atoms with Gasteiger partial charge in [-0.3, -0.25) is 0 Å². The van der Waals surface area contributed by atoms with Crippen LogP contribution in [-0.2, 0) is 0 Å². The highest BCUT2D eigenvalue weighted by Crippen LogP contribution is 2.13. The molecule has 2 atom stereocenters. The molecule has 0 aromatic rings. The van der Waals surface area contributed by atoms with Gasteiger partial charge in [0, 0.05) is 6.04 Å². The Kier molecular flexibility index (Phi) is 2.53. The van der Waals surface area contributed by atoms with Gasteiger partial charge in [-0.25, -0.2) is 0 Å². The zero-order chi connectivity index (χ0) is 7.40. The first-order valence-electron chi connectivity index (χ1n) is 3.70. The van der Waals surface area contributed by atoms with Crippen molar-refractivity contribution in [1.29, 1.82) is 0 Å². The fourth-order valence-corrected chi connectivity index (χ4v) is 1.34. The molecule has 1 nitrogen and oxygen atoms in total. The van der Waals surface area contributed by atoms with Gasteiger partial charge in [0.05, 0.1) is 6.04 Å². The predicted molar refractivity (Wildman–Crippen MR) is 43.6 cm³/mol. The molecule has 0 aliphatic carbocycles. The molecule has 1 fully saturated rings. The molecule has 10 heavy (non-hydrogen) atoms. The van der Waals surface area contributed by atoms with Crippen molar-refractivity contribution in [2.75, 3.05) is 0 Å². The normalized spacial score (nSPS) is 31.5. The first-order valence-corrected chi connectivity index (χ1v) is 3.70. The molecule has 0 saturated carbocycles. The number of terminal acetylenes is 1. The van der Waals surface area contributed by atoms with Gasteiger partial charge in [-0.05, 0) is 19.3 Å². The van der Waals surface area contributed by atoms with Crippen LogP contribution in [0.1, 0.15) is 19.3 Å². The second kappa shape index (κ2) is 3.43. The molecule has 1 heteroatoms. The Bertz CT molecular complexity index is 155. The second-order valence-electron chi connectivity index (χ2n) is 2.68. The molecule has 0 bridgehead atoms. The lowest BCUT2D eigenvalue weighted by Crippen LogP contribution is -2.27. The third-order valence-corrected chi connectivity index (χ3v) is 1.89. The molecule has 1 N–H and O–H groups in total. The van der Waals surface area contributed by atoms with Crippen molar-refractivity contribution in [3.63, 3.8) is 0 Å². The smallest absolute Gasteiger partial charge is 0.0689 e. The highest BCUT2D eigenvalue weighted by molar-refractivity contribution is 5.04. The Balaban J connectivity index is 2.30. The fraction of sp³-hybridized carbons (Fsp3) is 0.556. The zero-order valence-electron chi connectivity index (χ0n) is 6.14. The average Bonchev–Trinajstić information content (AvgIpc) is 2.37. The van der Waals surface area contributed by atoms with E-state index in [1.807, 2.05) is 6.08 Å². The summed E-state index contributed by atoms with van der Waals surface area (Å²) in [6, 6.07) is 0.892. The van der Waals surface area contributed by atoms with Crippen LogP contribution in [-0.4, -0.2) is 12.1 Å². The van der Waals surface area contributed by atoms with E-state index < -0.39 is 0 Å². The predicted octanol–water partition coefficient (Wildman–Crippen LogP) is 1.32. The minimum Gasteiger partial charge on any atom is -0.301 e. The average molecular weight is 135 g/mol. The summed E-state index contributed by atoms with van der Waals surface area (Å²) in [5.41, 5.74) is 0. The molecule has 1 rings (SSSR count). The Morgan fingerprint density at radius 3 is 3.00 bits per heavy atom. The largest absolute Gasteiger partial charge is 0.301 e. The van der Waals surface area contributed by atoms with Crippen LogP contribution in [0.25, 0.3) is 0 Å². The first-order chi connectivity index (χ1) is 4.86. The first kappa shape index (κ1) is 7.37. The van der Waals surface area contributed by atoms with Gasteiger partial charge in [-0.15, -0.1) is 13.0 Å². The minimum absolute atomic E-state index is 0.310. The van der Waals surface area contributed by atoms with Crippen LogP contribution in [0.3, 0.4) is 0 Å². The zero-order valence-corrected chi connectivity index (χ0v) is 6.14. The van der Waals surface area contributed by atoms with Gasteiger partial charge in [0.15, 0.2) is 0 Å². The molecular weight excluding hydrogens is 122 g/mol. The van der Waals surface area contributed by atoms with E-state index in [-0.39, 0.29) is 0 Å². The number of rotatable bonds is 2. The highest BCUT2D eigenvalue weighted by Gasteiger charge is 2.19. The summed E-state index contributed by atoms with van der Waals surface area (Å²) in [6.45, 7) is 3.68. The summed E-state index contributed by atoms with van der Waals surface area (Å²) in [6.07, 6.45) is 10.6. The van der Waals surface area contributed by atoms with Crippen molar-refractivity contribution in [2.45, 2.75) is 31.3 Å². The van der Waals surface area contributed by atoms with Gasteiger partial charge in [-0.2, -0.15) is 0 Å². The summed E-state index contributed by atoms with van der Waals surface area (Å²) in [5.74, 6) is 2.71. The molecule has 0 amide bonds. The maximum absolute atomic E-state index is 5.25. The highest BCUT2D eigenvalue weighted by atomic mass is 15.0. The summed E-state index contributed by atoms with van der Waals surface area (Å²) in [4.78, 5) is 0. The standard InChI is InChI=1S/C9H13N/c1-3-5-9-7-6-8(4-2)10-9/h2-3,8-10H,1,5-7H2/t8-,9+/m0/s1. The van der Waals surface area contributed by atoms with E-state index in [4.69, 9.17) is 6.42 Å². The van der Waals surface area contributed by atoms with Crippen molar-refractivity contribution < 1.29 is 0 Å². The Labute approximate surface area is 62.5 Å². The Morgan fingerprint density at radius 2 is 2.50 bits per heavy atom. The topological polar surface area (TPSA) is 12.0 Å². The third kappa shape index (κ3) is 1.62. The molecule has 0 unspecified atom stereocenters. The van der Waals surface area contributed by atoms with Crippen molar-refractivity contribution in [3.05, 3.63) is 12.7 Å². The number of nitrogens with one attached hydrogen (secondary N) is 1. The minimum atomic E-state index is 0.310. The van der Waals surface area contributed by atoms with Crippen molar-refractivity contribution in [3.8, 4) is 12.3 Å². The van der Waals surface area contributed by atoms with Crippen molar-refractivity contribution >= 4 is 0 Å². The molecule has 0 radical (unpaired) electrons. The van der Waals surface area contributed by atoms with E-state index in [0.29, 0.717) is 12.1 Å². The maximum atomic E-state index is 5.25. The van der Waals surface area contributed by atoms with Gasteiger partial charge in [0.2, 0.25) is 0 Å². The molecule has 1 aliphatic rings. The van der Waals surface area contributed by atoms with Crippen molar-refractivity contribution in [2.24, 2.45) is 0 Å². The molecular formula is C9H13N. The summed E-state index contributed by atoms with van der Waals surface area (Å²) >= 11 is 0. The molecule has 1 saturated heterocycles. The van der Waals surface area contributed by atoms with Crippen LogP contribution in [0.4, 0.5) is 0 Å². The van der Waals surface area contributed by atoms with E-state index in [1.165, 1.54) is 6.42 Å². The lowest BCUT2D eigenvalue weighted by Gasteiger charge is -2.06. The van der Waals surface area contributed by atoms with Gasteiger partial charge in [0.1, 0.15) is 0 Å². The summed E-state index contributed by atoms with van der Waals surface area (Å²) in [7, 11) is 0. The van der Waals surface area contributed by atoms with Gasteiger partial charge >= 0.3 is 0 Å². The van der Waals surface area contributed by atoms with Gasteiger partial charge < -0.3 is 5.32 Å². The van der Waals surface area contributed by atoms with Crippen LogP contribution in [0.15, 0.2) is 12.7 Å². The molecule has 1 aliphatic heterocycles. The van der Waals surface area contributed by atoms with Gasteiger partial charge in [0.25, 0.3) is 0 Å². The van der Waals surface area contributed by atoms with E-state index >= 15 is 0 Å². The van der Waals surface area contributed by atoms with Crippen LogP contribution >= 0.6 is 0 Å². The summed E-state index contributed by atoms with van der Waals surface area (Å²) < 4.78 is 0. The van der Waals surface area contributed by atoms with Gasteiger partial charge in [-0.1, -0.05) is 12.0 Å². The lowest BCUT2D eigenvalue weighted by molar-refractivity contribution is 0.594. The SMILES string of the molecule is C#C[C@H]1CC[C@@H](CC=C)N1. The number of hydrogen-bond donors (Lipinski definition) is 1. The molecule has 1 heterocycles. The summed E-state index contributed by atoms with van der Waals surface area (Å²) in [5, 5.41) is 3.33. The Morgan fingerprint density at radius 1 is 1.70 bits per heavy atom. The van der Waals surface area contributed by atoms with Crippen LogP contribution in [0.2, 0.25) is 0 Å². The van der Waals surface area contributed by atoms with Crippen LogP contribution < -0.4 is 5.32 Å². The van der Waals surface area contributed by atoms with Crippen LogP contribution in [0, 0.1) is 12.3 Å². The third-order valence-electron chi connectivity index (χ3n) is 1.89. The molecule has 0 aromatic heterocycles. The van der Waals surface area contributed by atoms with E-state index in [0.717, 1.165) is 12.8 Å². The molecule has 54 valence electrons. The van der Waals surface area contributed by atoms with E-state index in [2.05, 4.69) is 17.8 Å². The second-order valence-corrected chi connectivity index (χ2v) is 2.68. The van der Waals surface area contributed by atoms with E-state index in [1.54, 1.807) is 0 Å². The molecule has 0 spiro atoms. The molecule has 0 aromatic carbocycles. The van der Waals surface area contributed by atoms with Crippen LogP contribution in [0.5, 0.6) is 0 Å². The van der Waals surface area contributed by atoms with E-state index in [9.17, 15) is 0 Å². The maximum Gasteiger partial charge on any atom is 0.0689 e. The quantitative estimate of drug-likeness (QED) is 0.445. The Hall–Kier alpha value is -0.740. The van der Waals surface area contributed by atoms with Crippen molar-refractivity contribution in [1.82, 2.24) is 5.32 Å². The fourth-order valence-electron chi connectivity index (χ4n) is 1.34. The number of hydrogen-bond acceptors (Lipinski definition) is 1.